The van der Waals surface area contributed by atoms with Gasteiger partial charge < -0.3 is 14.4 Å². The van der Waals surface area contributed by atoms with Gasteiger partial charge in [-0.1, -0.05) is 23.2 Å². The lowest BCUT2D eigenvalue weighted by molar-refractivity contribution is -0.139. The molecule has 1 saturated heterocycles. The van der Waals surface area contributed by atoms with Crippen LogP contribution < -0.4 is 9.47 Å². The predicted octanol–water partition coefficient (Wildman–Crippen LogP) is 5.92. The molecule has 160 valence electrons. The van der Waals surface area contributed by atoms with Crippen LogP contribution in [0.5, 0.6) is 11.5 Å². The highest BCUT2D eigenvalue weighted by Crippen LogP contribution is 2.30. The number of carbonyl (C=O) groups excluding carboxylic acids is 1. The van der Waals surface area contributed by atoms with Gasteiger partial charge in [-0.25, -0.2) is 0 Å². The number of nitrogens with zero attached hydrogens (tertiary/aromatic N) is 2. The van der Waals surface area contributed by atoms with E-state index < -0.39 is 0 Å². The van der Waals surface area contributed by atoms with Crippen LogP contribution in [0.2, 0.25) is 10.0 Å². The van der Waals surface area contributed by atoms with E-state index >= 15 is 0 Å². The number of halogens is 2. The summed E-state index contributed by atoms with van der Waals surface area (Å²) in [4.78, 5) is 19.0. The highest BCUT2D eigenvalue weighted by molar-refractivity contribution is 6.42. The lowest BCUT2D eigenvalue weighted by Crippen LogP contribution is -2.49. The first-order valence-corrected chi connectivity index (χ1v) is 10.8. The Bertz CT molecular complexity index is 923. The minimum Gasteiger partial charge on any atom is -0.493 e. The molecule has 0 radical (unpaired) electrons. The molecule has 2 unspecified atom stereocenters. The van der Waals surface area contributed by atoms with Gasteiger partial charge in [0.2, 0.25) is 0 Å². The Kier molecular flexibility index (Phi) is 7.62. The highest BCUT2D eigenvalue weighted by atomic mass is 35.5. The van der Waals surface area contributed by atoms with Crippen LogP contribution in [0.3, 0.4) is 0 Å². The van der Waals surface area contributed by atoms with Crippen LogP contribution in [-0.2, 0) is 4.79 Å². The quantitative estimate of drug-likeness (QED) is 0.515. The smallest absolute Gasteiger partial charge is 0.260 e. The number of amides is 1. The Hall–Kier alpha value is -2.24. The molecule has 30 heavy (non-hydrogen) atoms. The first-order chi connectivity index (χ1) is 14.4. The molecule has 1 fully saturated rings. The number of hydrogen-bond acceptors (Lipinski definition) is 4. The van der Waals surface area contributed by atoms with E-state index in [1.165, 1.54) is 0 Å². The van der Waals surface area contributed by atoms with Crippen LogP contribution in [0.1, 0.15) is 38.7 Å². The molecule has 2 aromatic carbocycles. The van der Waals surface area contributed by atoms with E-state index in [1.54, 1.807) is 37.6 Å². The summed E-state index contributed by atoms with van der Waals surface area (Å²) in [5.41, 5.74) is 1.52. The van der Waals surface area contributed by atoms with E-state index in [1.807, 2.05) is 17.0 Å². The number of hydrogen-bond donors (Lipinski definition) is 0. The Morgan fingerprint density at radius 2 is 1.83 bits per heavy atom. The number of likely N-dealkylation sites (tertiary alicyclic amines) is 1. The molecular weight excluding hydrogens is 423 g/mol. The van der Waals surface area contributed by atoms with Crippen molar-refractivity contribution in [2.45, 2.75) is 45.2 Å². The summed E-state index contributed by atoms with van der Waals surface area (Å²) in [5, 5.41) is 0.941. The molecule has 0 aliphatic carbocycles. The average Bonchev–Trinajstić information content (AvgIpc) is 2.73. The first kappa shape index (κ1) is 22.4. The fourth-order valence-electron chi connectivity index (χ4n) is 3.73. The summed E-state index contributed by atoms with van der Waals surface area (Å²) in [6.45, 7) is 4.17. The molecule has 0 spiro atoms. The number of benzene rings is 2. The highest BCUT2D eigenvalue weighted by Gasteiger charge is 2.29. The molecule has 1 heterocycles. The number of ether oxygens (including phenoxy) is 2. The standard InChI is InChI=1S/C23H26Cl2N2O3/c1-15-5-4-6-16(2)27(15)23(28)14-30-21-10-7-17(11-22(21)29-3)13-26-18-8-9-19(24)20(25)12-18/h7-13,15-16H,4-6,14H2,1-3H3. The number of piperidine rings is 1. The Balaban J connectivity index is 1.67. The minimum absolute atomic E-state index is 0.00186. The SMILES string of the molecule is COc1cc(C=Nc2ccc(Cl)c(Cl)c2)ccc1OCC(=O)N1C(C)CCCC1C. The largest absolute Gasteiger partial charge is 0.493 e. The third-order valence-corrected chi connectivity index (χ3v) is 6.03. The monoisotopic (exact) mass is 448 g/mol. The predicted molar refractivity (Wildman–Crippen MR) is 122 cm³/mol. The van der Waals surface area contributed by atoms with Crippen LogP contribution in [0, 0.1) is 0 Å². The van der Waals surface area contributed by atoms with Gasteiger partial charge in [0, 0.05) is 18.3 Å². The van der Waals surface area contributed by atoms with Gasteiger partial charge in [0.05, 0.1) is 22.8 Å². The Morgan fingerprint density at radius 3 is 2.50 bits per heavy atom. The molecule has 1 amide bonds. The van der Waals surface area contributed by atoms with E-state index in [0.29, 0.717) is 27.2 Å². The van der Waals surface area contributed by atoms with Gasteiger partial charge in [0.1, 0.15) is 0 Å². The summed E-state index contributed by atoms with van der Waals surface area (Å²) in [6.07, 6.45) is 4.93. The second-order valence-corrected chi connectivity index (χ2v) is 8.30. The summed E-state index contributed by atoms with van der Waals surface area (Å²) >= 11 is 12.0. The van der Waals surface area contributed by atoms with Gasteiger partial charge >= 0.3 is 0 Å². The van der Waals surface area contributed by atoms with E-state index in [9.17, 15) is 4.79 Å². The second-order valence-electron chi connectivity index (χ2n) is 7.49. The number of methoxy groups -OCH3 is 1. The maximum Gasteiger partial charge on any atom is 0.260 e. The maximum absolute atomic E-state index is 12.7. The van der Waals surface area contributed by atoms with Crippen molar-refractivity contribution in [3.05, 3.63) is 52.0 Å². The van der Waals surface area contributed by atoms with Gasteiger partial charge in [-0.05, 0) is 75.1 Å². The summed E-state index contributed by atoms with van der Waals surface area (Å²) < 4.78 is 11.2. The normalized spacial score (nSPS) is 19.2. The van der Waals surface area contributed by atoms with Crippen molar-refractivity contribution in [1.82, 2.24) is 4.90 Å². The third kappa shape index (κ3) is 5.46. The van der Waals surface area contributed by atoms with E-state index in [2.05, 4.69) is 18.8 Å². The van der Waals surface area contributed by atoms with Gasteiger partial charge in [0.15, 0.2) is 18.1 Å². The van der Waals surface area contributed by atoms with Crippen molar-refractivity contribution in [1.29, 1.82) is 0 Å². The molecule has 1 aliphatic heterocycles. The van der Waals surface area contributed by atoms with E-state index in [4.69, 9.17) is 32.7 Å². The molecule has 1 aliphatic rings. The Labute approximate surface area is 187 Å². The van der Waals surface area contributed by atoms with Crippen molar-refractivity contribution in [3.8, 4) is 11.5 Å². The summed E-state index contributed by atoms with van der Waals surface area (Å²) in [7, 11) is 1.57. The minimum atomic E-state index is -0.0122. The zero-order valence-corrected chi connectivity index (χ0v) is 18.9. The molecule has 7 heteroatoms. The van der Waals surface area contributed by atoms with Crippen LogP contribution in [0.15, 0.2) is 41.4 Å². The third-order valence-electron chi connectivity index (χ3n) is 5.29. The van der Waals surface area contributed by atoms with Crippen LogP contribution in [0.25, 0.3) is 0 Å². The fourth-order valence-corrected chi connectivity index (χ4v) is 4.02. The molecule has 0 saturated carbocycles. The lowest BCUT2D eigenvalue weighted by atomic mass is 9.97. The molecule has 5 nitrogen and oxygen atoms in total. The van der Waals surface area contributed by atoms with Gasteiger partial charge in [-0.2, -0.15) is 0 Å². The molecule has 2 aromatic rings. The maximum atomic E-state index is 12.7. The molecule has 0 aromatic heterocycles. The van der Waals surface area contributed by atoms with Crippen molar-refractivity contribution in [2.24, 2.45) is 4.99 Å². The molecule has 2 atom stereocenters. The zero-order chi connectivity index (χ0) is 21.7. The molecule has 0 bridgehead atoms. The van der Waals surface area contributed by atoms with Gasteiger partial charge in [0.25, 0.3) is 5.91 Å². The molecule has 0 N–H and O–H groups in total. The van der Waals surface area contributed by atoms with E-state index in [-0.39, 0.29) is 24.6 Å². The first-order valence-electron chi connectivity index (χ1n) is 10.00. The molecular formula is C23H26Cl2N2O3. The Morgan fingerprint density at radius 1 is 1.10 bits per heavy atom. The number of carbonyl (C=O) groups is 1. The van der Waals surface area contributed by atoms with Crippen molar-refractivity contribution in [3.63, 3.8) is 0 Å². The van der Waals surface area contributed by atoms with Crippen molar-refractivity contribution >= 4 is 41.0 Å². The van der Waals surface area contributed by atoms with Crippen molar-refractivity contribution < 1.29 is 14.3 Å². The topological polar surface area (TPSA) is 51.1 Å². The number of rotatable bonds is 6. The van der Waals surface area contributed by atoms with Gasteiger partial charge in [-0.15, -0.1) is 0 Å². The molecule has 3 rings (SSSR count). The van der Waals surface area contributed by atoms with E-state index in [0.717, 1.165) is 24.8 Å². The second kappa shape index (κ2) is 10.2. The summed E-state index contributed by atoms with van der Waals surface area (Å²) in [5.74, 6) is 1.07. The fraction of sp³-hybridized carbons (Fsp3) is 0.391. The average molecular weight is 449 g/mol. The lowest BCUT2D eigenvalue weighted by Gasteiger charge is -2.39. The van der Waals surface area contributed by atoms with Crippen LogP contribution >= 0.6 is 23.2 Å². The van der Waals surface area contributed by atoms with Gasteiger partial charge in [-0.3, -0.25) is 9.79 Å². The summed E-state index contributed by atoms with van der Waals surface area (Å²) in [6, 6.07) is 11.1. The number of aliphatic imine (C=N–C) groups is 1. The van der Waals surface area contributed by atoms with Crippen LogP contribution in [-0.4, -0.2) is 42.8 Å². The zero-order valence-electron chi connectivity index (χ0n) is 17.4. The van der Waals surface area contributed by atoms with Crippen LogP contribution in [0.4, 0.5) is 5.69 Å². The van der Waals surface area contributed by atoms with Crippen molar-refractivity contribution in [2.75, 3.05) is 13.7 Å².